The van der Waals surface area contributed by atoms with E-state index < -0.39 is 44.7 Å². The van der Waals surface area contributed by atoms with E-state index in [0.29, 0.717) is 29.4 Å². The number of nitrogens with one attached hydrogen (secondary N) is 3. The fourth-order valence-electron chi connectivity index (χ4n) is 6.33. The molecule has 2 saturated carbocycles. The Morgan fingerprint density at radius 2 is 1.67 bits per heavy atom. The van der Waals surface area contributed by atoms with Gasteiger partial charge in [-0.05, 0) is 89.8 Å². The van der Waals surface area contributed by atoms with Crippen LogP contribution >= 0.6 is 34.2 Å². The van der Waals surface area contributed by atoms with Gasteiger partial charge in [0.05, 0.1) is 5.25 Å². The van der Waals surface area contributed by atoms with E-state index >= 15 is 0 Å². The first-order valence-electron chi connectivity index (χ1n) is 17.2. The van der Waals surface area contributed by atoms with Gasteiger partial charge in [0.15, 0.2) is 0 Å². The highest BCUT2D eigenvalue weighted by Crippen LogP contribution is 2.44. The van der Waals surface area contributed by atoms with Gasteiger partial charge in [0.25, 0.3) is 5.91 Å². The van der Waals surface area contributed by atoms with Crippen molar-refractivity contribution >= 4 is 67.6 Å². The van der Waals surface area contributed by atoms with Crippen molar-refractivity contribution in [2.24, 2.45) is 5.92 Å². The van der Waals surface area contributed by atoms with Crippen LogP contribution in [0.4, 0.5) is 5.69 Å². The second-order valence-electron chi connectivity index (χ2n) is 15.2. The summed E-state index contributed by atoms with van der Waals surface area (Å²) in [5.41, 5.74) is 2.12. The van der Waals surface area contributed by atoms with E-state index in [1.54, 1.807) is 29.2 Å². The molecule has 0 saturated heterocycles. The molecule has 0 bridgehead atoms. The van der Waals surface area contributed by atoms with Gasteiger partial charge in [0.2, 0.25) is 21.8 Å². The van der Waals surface area contributed by atoms with Crippen LogP contribution in [0.1, 0.15) is 70.6 Å². The largest absolute Gasteiger partial charge is 0.457 e. The van der Waals surface area contributed by atoms with Gasteiger partial charge in [0.1, 0.15) is 29.1 Å². The van der Waals surface area contributed by atoms with Crippen LogP contribution in [0.3, 0.4) is 0 Å². The monoisotopic (exact) mass is 846 g/mol. The Bertz CT molecular complexity index is 1960. The van der Waals surface area contributed by atoms with Crippen molar-refractivity contribution in [3.05, 3.63) is 88.4 Å². The number of hydrogen-bond acceptors (Lipinski definition) is 7. The van der Waals surface area contributed by atoms with Gasteiger partial charge in [-0.25, -0.2) is 8.42 Å². The molecule has 3 aliphatic rings. The zero-order chi connectivity index (χ0) is 36.9. The van der Waals surface area contributed by atoms with Crippen LogP contribution in [0, 0.1) is 5.92 Å². The smallest absolute Gasteiger partial charge is 0.260 e. The number of fused-ring (bicyclic) bond motifs is 1. The SMILES string of the molecule is CC(C)[C@H](Nc1cccc(C(C)(C)C)c1)C(=O)N1Cc2ccc(Oc3cccc(Cl)c3)cc2CC1C(=O)N[C@]1(C(=O)NS(=O)(=O)C2CC2)C[C@H]1I. The molecule has 0 aromatic heterocycles. The zero-order valence-electron chi connectivity index (χ0n) is 29.3. The molecular formula is C38H44ClIN4O6S. The van der Waals surface area contributed by atoms with Crippen molar-refractivity contribution in [3.8, 4) is 11.5 Å². The summed E-state index contributed by atoms with van der Waals surface area (Å²) in [6.07, 6.45) is 1.44. The molecule has 1 aliphatic heterocycles. The number of rotatable bonds is 11. The molecule has 3 amide bonds. The molecule has 13 heteroatoms. The first-order chi connectivity index (χ1) is 24.0. The van der Waals surface area contributed by atoms with Gasteiger partial charge in [-0.3, -0.25) is 19.1 Å². The first-order valence-corrected chi connectivity index (χ1v) is 20.4. The standard InChI is InChI=1S/C38H44ClIN4O6S/c1-22(2)33(41-27-10-6-8-25(18-27)37(3,4)5)35(46)44-21-23-12-13-29(50-28-11-7-9-26(39)19-28)16-24(23)17-31(44)34(45)42-38(20-32(38)40)36(47)43-51(48,49)30-14-15-30/h6-13,16,18-19,22,30-33,41H,14-15,17,20-21H2,1-5H3,(H,42,45)(H,43,47)/t31?,32-,33+,38-/m1/s1. The Hall–Kier alpha value is -3.36. The number of amides is 3. The zero-order valence-corrected chi connectivity index (χ0v) is 33.1. The Morgan fingerprint density at radius 1 is 0.980 bits per heavy atom. The summed E-state index contributed by atoms with van der Waals surface area (Å²) in [6.45, 7) is 10.5. The number of hydrogen-bond donors (Lipinski definition) is 3. The predicted molar refractivity (Wildman–Crippen MR) is 207 cm³/mol. The molecule has 0 radical (unpaired) electrons. The average molecular weight is 847 g/mol. The normalized spacial score (nSPS) is 22.1. The Morgan fingerprint density at radius 3 is 2.29 bits per heavy atom. The van der Waals surface area contributed by atoms with E-state index in [-0.39, 0.29) is 40.6 Å². The average Bonchev–Trinajstić information content (AvgIpc) is 4.00. The third-order valence-electron chi connectivity index (χ3n) is 9.73. The van der Waals surface area contributed by atoms with Crippen LogP contribution in [-0.4, -0.2) is 57.8 Å². The van der Waals surface area contributed by atoms with Crippen molar-refractivity contribution < 1.29 is 27.5 Å². The molecule has 1 heterocycles. The van der Waals surface area contributed by atoms with E-state index in [4.69, 9.17) is 16.3 Å². The molecule has 2 aliphatic carbocycles. The summed E-state index contributed by atoms with van der Waals surface area (Å²) in [6, 6.07) is 19.0. The van der Waals surface area contributed by atoms with Gasteiger partial charge >= 0.3 is 0 Å². The van der Waals surface area contributed by atoms with Crippen molar-refractivity contribution in [3.63, 3.8) is 0 Å². The molecule has 3 aromatic carbocycles. The maximum Gasteiger partial charge on any atom is 0.260 e. The van der Waals surface area contributed by atoms with Gasteiger partial charge in [-0.1, -0.05) is 93.1 Å². The molecule has 0 spiro atoms. The van der Waals surface area contributed by atoms with Crippen molar-refractivity contribution in [1.82, 2.24) is 14.9 Å². The Balaban J connectivity index is 1.30. The third-order valence-corrected chi connectivity index (χ3v) is 13.3. The van der Waals surface area contributed by atoms with Gasteiger partial charge in [0, 0.05) is 27.6 Å². The van der Waals surface area contributed by atoms with E-state index in [1.807, 2.05) is 50.2 Å². The summed E-state index contributed by atoms with van der Waals surface area (Å²) in [5, 5.41) is 6.31. The van der Waals surface area contributed by atoms with Crippen molar-refractivity contribution in [2.75, 3.05) is 5.32 Å². The van der Waals surface area contributed by atoms with Crippen LogP contribution in [0.25, 0.3) is 0 Å². The number of carbonyl (C=O) groups is 3. The highest BCUT2D eigenvalue weighted by Gasteiger charge is 2.62. The summed E-state index contributed by atoms with van der Waals surface area (Å²) >= 11 is 8.23. The number of carbonyl (C=O) groups excluding carboxylic acids is 3. The molecule has 272 valence electrons. The quantitative estimate of drug-likeness (QED) is 0.149. The minimum atomic E-state index is -3.82. The number of anilines is 1. The summed E-state index contributed by atoms with van der Waals surface area (Å²) in [5.74, 6) is -0.554. The van der Waals surface area contributed by atoms with E-state index in [0.717, 1.165) is 22.4 Å². The highest BCUT2D eigenvalue weighted by molar-refractivity contribution is 14.1. The topological polar surface area (TPSA) is 134 Å². The lowest BCUT2D eigenvalue weighted by Gasteiger charge is -2.39. The molecule has 10 nitrogen and oxygen atoms in total. The highest BCUT2D eigenvalue weighted by atomic mass is 127. The second kappa shape index (κ2) is 14.2. The lowest BCUT2D eigenvalue weighted by molar-refractivity contribution is -0.144. The molecule has 2 fully saturated rings. The van der Waals surface area contributed by atoms with Gasteiger partial charge in [-0.2, -0.15) is 0 Å². The Labute approximate surface area is 318 Å². The van der Waals surface area contributed by atoms with Crippen LogP contribution in [-0.2, 0) is 42.8 Å². The molecule has 3 N–H and O–H groups in total. The molecule has 6 rings (SSSR count). The number of nitrogens with zero attached hydrogens (tertiary/aromatic N) is 1. The van der Waals surface area contributed by atoms with Crippen molar-refractivity contribution in [2.45, 2.75) is 99.1 Å². The first kappa shape index (κ1) is 37.4. The fraction of sp³-hybridized carbons (Fsp3) is 0.447. The number of ether oxygens (including phenoxy) is 1. The minimum absolute atomic E-state index is 0.0936. The lowest BCUT2D eigenvalue weighted by Crippen LogP contribution is -2.61. The van der Waals surface area contributed by atoms with Crippen molar-refractivity contribution in [1.29, 1.82) is 0 Å². The van der Waals surface area contributed by atoms with E-state index in [1.165, 1.54) is 0 Å². The molecular weight excluding hydrogens is 803 g/mol. The summed E-state index contributed by atoms with van der Waals surface area (Å²) < 4.78 is 33.3. The van der Waals surface area contributed by atoms with Crippen LogP contribution in [0.15, 0.2) is 66.7 Å². The van der Waals surface area contributed by atoms with Gasteiger partial charge < -0.3 is 20.3 Å². The molecule has 4 atom stereocenters. The molecule has 51 heavy (non-hydrogen) atoms. The maximum atomic E-state index is 14.6. The van der Waals surface area contributed by atoms with E-state index in [9.17, 15) is 22.8 Å². The molecule has 1 unspecified atom stereocenters. The third kappa shape index (κ3) is 8.33. The predicted octanol–water partition coefficient (Wildman–Crippen LogP) is 6.49. The fourth-order valence-corrected chi connectivity index (χ4v) is 9.01. The Kier molecular flexibility index (Phi) is 10.4. The number of sulfonamides is 1. The van der Waals surface area contributed by atoms with E-state index in [2.05, 4.69) is 64.8 Å². The summed E-state index contributed by atoms with van der Waals surface area (Å²) in [7, 11) is -3.82. The maximum absolute atomic E-state index is 14.6. The number of halogens is 2. The summed E-state index contributed by atoms with van der Waals surface area (Å²) in [4.78, 5) is 44.0. The second-order valence-corrected chi connectivity index (χ2v) is 19.1. The van der Waals surface area contributed by atoms with Crippen LogP contribution in [0.5, 0.6) is 11.5 Å². The van der Waals surface area contributed by atoms with Gasteiger partial charge in [-0.15, -0.1) is 0 Å². The number of alkyl halides is 1. The minimum Gasteiger partial charge on any atom is -0.457 e. The molecule has 3 aromatic rings. The van der Waals surface area contributed by atoms with Crippen LogP contribution < -0.4 is 20.1 Å². The number of benzene rings is 3. The lowest BCUT2D eigenvalue weighted by atomic mass is 9.87. The van der Waals surface area contributed by atoms with Crippen LogP contribution in [0.2, 0.25) is 5.02 Å².